The Morgan fingerprint density at radius 1 is 1.26 bits per heavy atom. The summed E-state index contributed by atoms with van der Waals surface area (Å²) >= 11 is 0. The lowest BCUT2D eigenvalue weighted by atomic mass is 9.71. The monoisotopic (exact) mass is 268 g/mol. The molecule has 2 aliphatic heterocycles. The van der Waals surface area contributed by atoms with E-state index in [2.05, 4.69) is 12.2 Å². The molecule has 1 unspecified atom stereocenters. The van der Waals surface area contributed by atoms with Crippen molar-refractivity contribution in [3.05, 3.63) is 0 Å². The highest BCUT2D eigenvalue weighted by molar-refractivity contribution is 5.68. The maximum atomic E-state index is 12.3. The fraction of sp³-hybridized carbons (Fsp3) is 0.933. The van der Waals surface area contributed by atoms with Crippen molar-refractivity contribution in [2.75, 3.05) is 19.6 Å². The first-order chi connectivity index (χ1) is 8.81. The maximum absolute atomic E-state index is 12.3. The first-order valence-electron chi connectivity index (χ1n) is 7.52. The van der Waals surface area contributed by atoms with E-state index >= 15 is 0 Å². The number of ether oxygens (including phenoxy) is 1. The molecule has 1 amide bonds. The number of nitrogens with one attached hydrogen (secondary N) is 1. The molecule has 2 fully saturated rings. The summed E-state index contributed by atoms with van der Waals surface area (Å²) in [7, 11) is 0. The van der Waals surface area contributed by atoms with Crippen LogP contribution in [0.4, 0.5) is 4.79 Å². The van der Waals surface area contributed by atoms with Gasteiger partial charge in [-0.2, -0.15) is 0 Å². The Morgan fingerprint density at radius 2 is 1.89 bits per heavy atom. The molecule has 2 aliphatic rings. The zero-order valence-corrected chi connectivity index (χ0v) is 12.8. The van der Waals surface area contributed by atoms with Gasteiger partial charge in [0.1, 0.15) is 5.60 Å². The molecule has 2 heterocycles. The molecule has 110 valence electrons. The van der Waals surface area contributed by atoms with E-state index in [9.17, 15) is 4.79 Å². The molecule has 0 radical (unpaired) electrons. The van der Waals surface area contributed by atoms with E-state index in [1.807, 2.05) is 25.7 Å². The summed E-state index contributed by atoms with van der Waals surface area (Å²) in [5.74, 6) is 0. The molecule has 0 saturated carbocycles. The normalized spacial score (nSPS) is 27.4. The largest absolute Gasteiger partial charge is 0.444 e. The SMILES string of the molecule is CC1CCC2(CCNCC2)CN1C(=O)OC(C)(C)C. The van der Waals surface area contributed by atoms with E-state index in [1.54, 1.807) is 0 Å². The number of rotatable bonds is 0. The van der Waals surface area contributed by atoms with Gasteiger partial charge in [0.2, 0.25) is 0 Å². The number of carbonyl (C=O) groups excluding carboxylic acids is 1. The van der Waals surface area contributed by atoms with Crippen LogP contribution in [0.1, 0.15) is 53.4 Å². The number of carbonyl (C=O) groups is 1. The molecule has 0 aromatic rings. The molecule has 1 N–H and O–H groups in total. The lowest BCUT2D eigenvalue weighted by Gasteiger charge is -2.48. The summed E-state index contributed by atoms with van der Waals surface area (Å²) < 4.78 is 5.55. The van der Waals surface area contributed by atoms with Crippen LogP contribution in [-0.4, -0.2) is 42.3 Å². The molecular formula is C15H28N2O2. The second-order valence-electron chi connectivity index (χ2n) is 7.25. The lowest BCUT2D eigenvalue weighted by molar-refractivity contribution is -0.0172. The van der Waals surface area contributed by atoms with E-state index < -0.39 is 5.60 Å². The van der Waals surface area contributed by atoms with Gasteiger partial charge in [0.05, 0.1) is 0 Å². The van der Waals surface area contributed by atoms with Gasteiger partial charge in [-0.05, 0) is 71.9 Å². The molecular weight excluding hydrogens is 240 g/mol. The van der Waals surface area contributed by atoms with Crippen molar-refractivity contribution >= 4 is 6.09 Å². The topological polar surface area (TPSA) is 41.6 Å². The number of hydrogen-bond donors (Lipinski definition) is 1. The lowest BCUT2D eigenvalue weighted by Crippen LogP contribution is -2.54. The second-order valence-corrected chi connectivity index (χ2v) is 7.25. The van der Waals surface area contributed by atoms with Crippen LogP contribution in [0.2, 0.25) is 0 Å². The molecule has 1 spiro atoms. The Hall–Kier alpha value is -0.770. The van der Waals surface area contributed by atoms with Crippen molar-refractivity contribution in [1.82, 2.24) is 10.2 Å². The molecule has 2 rings (SSSR count). The molecule has 4 heteroatoms. The van der Waals surface area contributed by atoms with Crippen LogP contribution in [0.5, 0.6) is 0 Å². The van der Waals surface area contributed by atoms with E-state index in [0.29, 0.717) is 11.5 Å². The number of piperidine rings is 2. The summed E-state index contributed by atoms with van der Waals surface area (Å²) in [6, 6.07) is 0.301. The fourth-order valence-corrected chi connectivity index (χ4v) is 3.20. The third kappa shape index (κ3) is 3.62. The highest BCUT2D eigenvalue weighted by atomic mass is 16.6. The quantitative estimate of drug-likeness (QED) is 0.734. The zero-order chi connectivity index (χ0) is 14.1. The van der Waals surface area contributed by atoms with Crippen molar-refractivity contribution in [2.45, 2.75) is 65.0 Å². The van der Waals surface area contributed by atoms with Gasteiger partial charge < -0.3 is 15.0 Å². The minimum absolute atomic E-state index is 0.141. The standard InChI is InChI=1S/C15H28N2O2/c1-12-5-6-15(7-9-16-10-8-15)11-17(12)13(18)19-14(2,3)4/h12,16H,5-11H2,1-4H3. The van der Waals surface area contributed by atoms with Gasteiger partial charge in [-0.25, -0.2) is 4.79 Å². The first-order valence-corrected chi connectivity index (χ1v) is 7.52. The number of amides is 1. The third-order valence-electron chi connectivity index (χ3n) is 4.42. The Morgan fingerprint density at radius 3 is 2.47 bits per heavy atom. The molecule has 0 bridgehead atoms. The molecule has 1 atom stereocenters. The summed E-state index contributed by atoms with van der Waals surface area (Å²) in [6.45, 7) is 11.0. The highest BCUT2D eigenvalue weighted by Crippen LogP contribution is 2.40. The summed E-state index contributed by atoms with van der Waals surface area (Å²) in [4.78, 5) is 14.3. The van der Waals surface area contributed by atoms with Gasteiger partial charge in [-0.15, -0.1) is 0 Å². The summed E-state index contributed by atoms with van der Waals surface area (Å²) in [6.07, 6.45) is 4.56. The van der Waals surface area contributed by atoms with E-state index in [1.165, 1.54) is 19.3 Å². The Balaban J connectivity index is 2.03. The molecule has 0 aliphatic carbocycles. The van der Waals surface area contributed by atoms with Gasteiger partial charge in [0, 0.05) is 12.6 Å². The van der Waals surface area contributed by atoms with Crippen LogP contribution in [0.15, 0.2) is 0 Å². The molecule has 2 saturated heterocycles. The molecule has 4 nitrogen and oxygen atoms in total. The van der Waals surface area contributed by atoms with Gasteiger partial charge in [-0.1, -0.05) is 0 Å². The third-order valence-corrected chi connectivity index (χ3v) is 4.42. The van der Waals surface area contributed by atoms with Crippen LogP contribution in [0.3, 0.4) is 0 Å². The van der Waals surface area contributed by atoms with Crippen LogP contribution in [0.25, 0.3) is 0 Å². The number of hydrogen-bond acceptors (Lipinski definition) is 3. The molecule has 0 aromatic heterocycles. The Kier molecular flexibility index (Phi) is 4.09. The van der Waals surface area contributed by atoms with Crippen molar-refractivity contribution in [3.63, 3.8) is 0 Å². The average molecular weight is 268 g/mol. The van der Waals surface area contributed by atoms with Crippen molar-refractivity contribution in [3.8, 4) is 0 Å². The minimum Gasteiger partial charge on any atom is -0.444 e. The predicted molar refractivity (Wildman–Crippen MR) is 76.2 cm³/mol. The predicted octanol–water partition coefficient (Wildman–Crippen LogP) is 2.78. The summed E-state index contributed by atoms with van der Waals surface area (Å²) in [5.41, 5.74) is -0.0792. The minimum atomic E-state index is -0.407. The smallest absolute Gasteiger partial charge is 0.410 e. The second kappa shape index (κ2) is 5.31. The van der Waals surface area contributed by atoms with E-state index in [-0.39, 0.29) is 6.09 Å². The average Bonchev–Trinajstić information content (AvgIpc) is 2.32. The number of likely N-dealkylation sites (tertiary alicyclic amines) is 1. The van der Waals surface area contributed by atoms with Crippen molar-refractivity contribution in [2.24, 2.45) is 5.41 Å². The summed E-state index contributed by atoms with van der Waals surface area (Å²) in [5, 5.41) is 3.42. The van der Waals surface area contributed by atoms with E-state index in [4.69, 9.17) is 4.74 Å². The van der Waals surface area contributed by atoms with Crippen molar-refractivity contribution in [1.29, 1.82) is 0 Å². The van der Waals surface area contributed by atoms with Crippen LogP contribution < -0.4 is 5.32 Å². The Labute approximate surface area is 116 Å². The maximum Gasteiger partial charge on any atom is 0.410 e. The van der Waals surface area contributed by atoms with Crippen LogP contribution >= 0.6 is 0 Å². The fourth-order valence-electron chi connectivity index (χ4n) is 3.20. The van der Waals surface area contributed by atoms with Gasteiger partial charge in [0.25, 0.3) is 0 Å². The van der Waals surface area contributed by atoms with Gasteiger partial charge >= 0.3 is 6.09 Å². The molecule has 0 aromatic carbocycles. The molecule has 19 heavy (non-hydrogen) atoms. The highest BCUT2D eigenvalue weighted by Gasteiger charge is 2.41. The van der Waals surface area contributed by atoms with Crippen molar-refractivity contribution < 1.29 is 9.53 Å². The van der Waals surface area contributed by atoms with Gasteiger partial charge in [0.15, 0.2) is 0 Å². The Bertz CT molecular complexity index is 330. The zero-order valence-electron chi connectivity index (χ0n) is 12.8. The van der Waals surface area contributed by atoms with Crippen LogP contribution in [-0.2, 0) is 4.74 Å². The van der Waals surface area contributed by atoms with Gasteiger partial charge in [-0.3, -0.25) is 0 Å². The van der Waals surface area contributed by atoms with E-state index in [0.717, 1.165) is 26.1 Å². The number of nitrogens with zero attached hydrogens (tertiary/aromatic N) is 1. The first kappa shape index (κ1) is 14.6. The van der Waals surface area contributed by atoms with Crippen LogP contribution in [0, 0.1) is 5.41 Å².